The Bertz CT molecular complexity index is 162. The molecule has 2 aliphatic rings. The van der Waals surface area contributed by atoms with Gasteiger partial charge < -0.3 is 5.11 Å². The van der Waals surface area contributed by atoms with Crippen LogP contribution in [-0.2, 0) is 0 Å². The van der Waals surface area contributed by atoms with Gasteiger partial charge in [-0.05, 0) is 42.9 Å². The van der Waals surface area contributed by atoms with Gasteiger partial charge in [0.1, 0.15) is 0 Å². The van der Waals surface area contributed by atoms with Gasteiger partial charge in [0.25, 0.3) is 0 Å². The van der Waals surface area contributed by atoms with E-state index in [1.54, 1.807) is 0 Å². The lowest BCUT2D eigenvalue weighted by molar-refractivity contribution is -0.00638. The van der Waals surface area contributed by atoms with Gasteiger partial charge in [-0.2, -0.15) is 0 Å². The summed E-state index contributed by atoms with van der Waals surface area (Å²) in [4.78, 5) is 0. The molecule has 3 atom stereocenters. The van der Waals surface area contributed by atoms with Crippen molar-refractivity contribution in [3.63, 3.8) is 0 Å². The fourth-order valence-electron chi connectivity index (χ4n) is 3.21. The molecule has 0 spiro atoms. The Kier molecular flexibility index (Phi) is 1.54. The molecule has 1 nitrogen and oxygen atoms in total. The number of fused-ring (bicyclic) bond motifs is 2. The van der Waals surface area contributed by atoms with E-state index in [1.165, 1.54) is 19.3 Å². The summed E-state index contributed by atoms with van der Waals surface area (Å²) < 4.78 is 0. The van der Waals surface area contributed by atoms with Crippen molar-refractivity contribution in [2.45, 2.75) is 45.6 Å². The Morgan fingerprint density at radius 2 is 1.73 bits per heavy atom. The van der Waals surface area contributed by atoms with Crippen LogP contribution < -0.4 is 0 Å². The summed E-state index contributed by atoms with van der Waals surface area (Å²) in [5.41, 5.74) is 0.428. The molecule has 64 valence electrons. The molecule has 1 N–H and O–H groups in total. The topological polar surface area (TPSA) is 20.2 Å². The third-order valence-electron chi connectivity index (χ3n) is 4.11. The molecule has 0 aromatic heterocycles. The zero-order valence-corrected chi connectivity index (χ0v) is 7.51. The first-order valence-electron chi connectivity index (χ1n) is 4.80. The summed E-state index contributed by atoms with van der Waals surface area (Å²) >= 11 is 0. The number of aliphatic hydroxyl groups is 1. The molecule has 0 aliphatic heterocycles. The summed E-state index contributed by atoms with van der Waals surface area (Å²) in [5.74, 6) is 1.50. The van der Waals surface area contributed by atoms with E-state index in [4.69, 9.17) is 0 Å². The van der Waals surface area contributed by atoms with Gasteiger partial charge in [0.15, 0.2) is 0 Å². The predicted octanol–water partition coefficient (Wildman–Crippen LogP) is 2.19. The van der Waals surface area contributed by atoms with Gasteiger partial charge in [-0.3, -0.25) is 0 Å². The SMILES string of the molecule is CC1(C)[C@@H]2CC[C@@H](O)[C@H]1CC2. The first-order chi connectivity index (χ1) is 5.12. The van der Waals surface area contributed by atoms with E-state index in [0.717, 1.165) is 12.3 Å². The third kappa shape index (κ3) is 0.936. The number of hydrogen-bond donors (Lipinski definition) is 1. The Hall–Kier alpha value is -0.0400. The molecule has 2 aliphatic carbocycles. The van der Waals surface area contributed by atoms with Crippen LogP contribution in [0.1, 0.15) is 39.5 Å². The second-order valence-corrected chi connectivity index (χ2v) is 4.85. The molecule has 2 bridgehead atoms. The molecule has 0 saturated heterocycles. The minimum atomic E-state index is 0.00347. The average molecular weight is 154 g/mol. The summed E-state index contributed by atoms with van der Waals surface area (Å²) in [6.45, 7) is 4.66. The van der Waals surface area contributed by atoms with Crippen molar-refractivity contribution in [2.24, 2.45) is 17.3 Å². The summed E-state index contributed by atoms with van der Waals surface area (Å²) in [5, 5.41) is 9.73. The van der Waals surface area contributed by atoms with Crippen LogP contribution in [0.2, 0.25) is 0 Å². The zero-order valence-electron chi connectivity index (χ0n) is 7.51. The van der Waals surface area contributed by atoms with Crippen LogP contribution in [0.3, 0.4) is 0 Å². The van der Waals surface area contributed by atoms with E-state index in [1.807, 2.05) is 0 Å². The molecular formula is C10H18O. The van der Waals surface area contributed by atoms with E-state index < -0.39 is 0 Å². The summed E-state index contributed by atoms with van der Waals surface area (Å²) in [7, 11) is 0. The highest BCUT2D eigenvalue weighted by Crippen LogP contribution is 2.54. The van der Waals surface area contributed by atoms with Gasteiger partial charge in [0, 0.05) is 0 Å². The molecule has 2 fully saturated rings. The van der Waals surface area contributed by atoms with Crippen molar-refractivity contribution in [3.8, 4) is 0 Å². The average Bonchev–Trinajstić information content (AvgIpc) is 2.15. The number of hydrogen-bond acceptors (Lipinski definition) is 1. The second-order valence-electron chi connectivity index (χ2n) is 4.85. The molecule has 0 radical (unpaired) electrons. The fraction of sp³-hybridized carbons (Fsp3) is 1.00. The largest absolute Gasteiger partial charge is 0.393 e. The Morgan fingerprint density at radius 1 is 1.09 bits per heavy atom. The van der Waals surface area contributed by atoms with Gasteiger partial charge >= 0.3 is 0 Å². The second kappa shape index (κ2) is 2.22. The third-order valence-corrected chi connectivity index (χ3v) is 4.11. The number of rotatable bonds is 0. The molecule has 1 heteroatoms. The smallest absolute Gasteiger partial charge is 0.0573 e. The Balaban J connectivity index is 2.24. The van der Waals surface area contributed by atoms with E-state index >= 15 is 0 Å². The molecule has 2 saturated carbocycles. The highest BCUT2D eigenvalue weighted by molar-refractivity contribution is 4.98. The maximum Gasteiger partial charge on any atom is 0.0573 e. The van der Waals surface area contributed by atoms with Crippen molar-refractivity contribution < 1.29 is 5.11 Å². The van der Waals surface area contributed by atoms with Crippen molar-refractivity contribution >= 4 is 0 Å². The van der Waals surface area contributed by atoms with Crippen LogP contribution >= 0.6 is 0 Å². The monoisotopic (exact) mass is 154 g/mol. The molecular weight excluding hydrogens is 136 g/mol. The van der Waals surface area contributed by atoms with Crippen LogP contribution in [0.5, 0.6) is 0 Å². The van der Waals surface area contributed by atoms with Gasteiger partial charge in [0.2, 0.25) is 0 Å². The molecule has 0 aromatic carbocycles. The highest BCUT2D eigenvalue weighted by atomic mass is 16.3. The minimum absolute atomic E-state index is 0.00347. The first kappa shape index (κ1) is 7.60. The van der Waals surface area contributed by atoms with Gasteiger partial charge in [-0.1, -0.05) is 13.8 Å². The molecule has 11 heavy (non-hydrogen) atoms. The maximum atomic E-state index is 9.73. The first-order valence-corrected chi connectivity index (χ1v) is 4.80. The number of aliphatic hydroxyl groups excluding tert-OH is 1. The van der Waals surface area contributed by atoms with E-state index in [-0.39, 0.29) is 6.10 Å². The normalized spacial score (nSPS) is 47.7. The fourth-order valence-corrected chi connectivity index (χ4v) is 3.21. The van der Waals surface area contributed by atoms with Crippen LogP contribution in [-0.4, -0.2) is 11.2 Å². The Labute approximate surface area is 68.8 Å². The van der Waals surface area contributed by atoms with Crippen molar-refractivity contribution in [1.82, 2.24) is 0 Å². The maximum absolute atomic E-state index is 9.73. The van der Waals surface area contributed by atoms with Crippen LogP contribution in [0.15, 0.2) is 0 Å². The lowest BCUT2D eigenvalue weighted by Gasteiger charge is -2.40. The van der Waals surface area contributed by atoms with E-state index in [9.17, 15) is 5.11 Å². The molecule has 0 amide bonds. The Morgan fingerprint density at radius 3 is 2.36 bits per heavy atom. The highest BCUT2D eigenvalue weighted by Gasteiger charge is 2.48. The lowest BCUT2D eigenvalue weighted by atomic mass is 9.67. The molecule has 0 unspecified atom stereocenters. The summed E-state index contributed by atoms with van der Waals surface area (Å²) in [6, 6.07) is 0. The van der Waals surface area contributed by atoms with E-state index in [2.05, 4.69) is 13.8 Å². The van der Waals surface area contributed by atoms with Crippen molar-refractivity contribution in [2.75, 3.05) is 0 Å². The van der Waals surface area contributed by atoms with Gasteiger partial charge in [-0.25, -0.2) is 0 Å². The van der Waals surface area contributed by atoms with Gasteiger partial charge in [0.05, 0.1) is 6.10 Å². The van der Waals surface area contributed by atoms with Crippen LogP contribution in [0.4, 0.5) is 0 Å². The van der Waals surface area contributed by atoms with E-state index in [0.29, 0.717) is 11.3 Å². The van der Waals surface area contributed by atoms with Gasteiger partial charge in [-0.15, -0.1) is 0 Å². The summed E-state index contributed by atoms with van der Waals surface area (Å²) in [6.07, 6.45) is 4.93. The minimum Gasteiger partial charge on any atom is -0.393 e. The van der Waals surface area contributed by atoms with Crippen molar-refractivity contribution in [1.29, 1.82) is 0 Å². The molecule has 0 aromatic rings. The van der Waals surface area contributed by atoms with Crippen molar-refractivity contribution in [3.05, 3.63) is 0 Å². The lowest BCUT2D eigenvalue weighted by Crippen LogP contribution is -2.38. The van der Waals surface area contributed by atoms with Crippen LogP contribution in [0.25, 0.3) is 0 Å². The quantitative estimate of drug-likeness (QED) is 0.567. The molecule has 2 rings (SSSR count). The molecule has 0 heterocycles. The zero-order chi connectivity index (χ0) is 8.06. The van der Waals surface area contributed by atoms with Crippen LogP contribution in [0, 0.1) is 17.3 Å². The standard InChI is InChI=1S/C10H18O/c1-10(2)7-3-5-8(10)9(11)6-4-7/h7-9,11H,3-6H2,1-2H3/t7-,8+,9+/m0/s1. The predicted molar refractivity (Wildman–Crippen MR) is 45.2 cm³/mol.